The molecule has 8 heteroatoms. The fraction of sp³-hybridized carbons (Fsp3) is 0.423. The molecule has 4 N–H and O–H groups in total. The van der Waals surface area contributed by atoms with Crippen LogP contribution in [0.15, 0.2) is 48.5 Å². The first kappa shape index (κ1) is 25.2. The summed E-state index contributed by atoms with van der Waals surface area (Å²) in [5, 5.41) is 23.5. The number of ether oxygens (including phenoxy) is 1. The predicted molar refractivity (Wildman–Crippen MR) is 127 cm³/mol. The number of amides is 2. The normalized spacial score (nSPS) is 13.5. The first-order valence-corrected chi connectivity index (χ1v) is 11.6. The van der Waals surface area contributed by atoms with Gasteiger partial charge in [-0.2, -0.15) is 0 Å². The van der Waals surface area contributed by atoms with Gasteiger partial charge < -0.3 is 25.6 Å². The molecule has 2 aromatic rings. The Morgan fingerprint density at radius 3 is 2.06 bits per heavy atom. The lowest BCUT2D eigenvalue weighted by atomic mass is 9.81. The minimum Gasteiger partial charge on any atom is -0.479 e. The van der Waals surface area contributed by atoms with Crippen LogP contribution in [-0.2, 0) is 14.3 Å². The van der Waals surface area contributed by atoms with Crippen LogP contribution in [0.4, 0.5) is 4.79 Å². The van der Waals surface area contributed by atoms with Crippen molar-refractivity contribution in [2.75, 3.05) is 19.7 Å². The van der Waals surface area contributed by atoms with E-state index in [4.69, 9.17) is 9.84 Å². The molecule has 0 radical (unpaired) electrons. The number of carboxylic acid groups (broad SMARTS) is 1. The zero-order valence-corrected chi connectivity index (χ0v) is 19.5. The maximum Gasteiger partial charge on any atom is 0.407 e. The van der Waals surface area contributed by atoms with Gasteiger partial charge in [-0.05, 0) is 35.1 Å². The molecule has 2 amide bonds. The van der Waals surface area contributed by atoms with Crippen LogP contribution in [0, 0.1) is 5.41 Å². The molecule has 0 aliphatic heterocycles. The highest BCUT2D eigenvalue weighted by Crippen LogP contribution is 2.44. The van der Waals surface area contributed by atoms with Crippen LogP contribution in [0.25, 0.3) is 11.1 Å². The summed E-state index contributed by atoms with van der Waals surface area (Å²) in [5.74, 6) is -1.68. The quantitative estimate of drug-likeness (QED) is 0.401. The van der Waals surface area contributed by atoms with E-state index in [1.165, 1.54) is 0 Å². The number of carbonyl (C=O) groups excluding carboxylic acids is 2. The Labute approximate surface area is 199 Å². The molecule has 34 heavy (non-hydrogen) atoms. The van der Waals surface area contributed by atoms with E-state index in [9.17, 15) is 19.5 Å². The van der Waals surface area contributed by atoms with E-state index in [2.05, 4.69) is 22.8 Å². The number of aliphatic hydroxyl groups excluding tert-OH is 1. The number of aliphatic carboxylic acids is 1. The number of hydrogen-bond donors (Lipinski definition) is 4. The van der Waals surface area contributed by atoms with Crippen molar-refractivity contribution in [1.82, 2.24) is 10.6 Å². The molecule has 1 aliphatic rings. The van der Waals surface area contributed by atoms with Crippen molar-refractivity contribution in [3.05, 3.63) is 59.7 Å². The molecule has 0 spiro atoms. The van der Waals surface area contributed by atoms with Crippen molar-refractivity contribution < 1.29 is 29.3 Å². The summed E-state index contributed by atoms with van der Waals surface area (Å²) in [6, 6.07) is 16.2. The van der Waals surface area contributed by atoms with Crippen LogP contribution in [0.3, 0.4) is 0 Å². The first-order chi connectivity index (χ1) is 16.3. The van der Waals surface area contributed by atoms with Gasteiger partial charge in [0.2, 0.25) is 5.91 Å². The number of alkyl carbamates (subject to hydrolysis) is 1. The Morgan fingerprint density at radius 1 is 0.971 bits per heavy atom. The van der Waals surface area contributed by atoms with Gasteiger partial charge in [-0.1, -0.05) is 62.4 Å². The topological polar surface area (TPSA) is 125 Å². The second-order valence-corrected chi connectivity index (χ2v) is 8.57. The lowest BCUT2D eigenvalue weighted by Crippen LogP contribution is -2.48. The highest BCUT2D eigenvalue weighted by atomic mass is 16.5. The lowest BCUT2D eigenvalue weighted by Gasteiger charge is -2.30. The molecule has 8 nitrogen and oxygen atoms in total. The number of carboxylic acids is 1. The van der Waals surface area contributed by atoms with Gasteiger partial charge in [-0.3, -0.25) is 4.79 Å². The van der Waals surface area contributed by atoms with Crippen LogP contribution in [0.1, 0.15) is 50.2 Å². The summed E-state index contributed by atoms with van der Waals surface area (Å²) in [6.45, 7) is 4.01. The molecule has 0 saturated heterocycles. The van der Waals surface area contributed by atoms with Crippen molar-refractivity contribution in [2.45, 2.75) is 45.1 Å². The Morgan fingerprint density at radius 2 is 1.53 bits per heavy atom. The van der Waals surface area contributed by atoms with Crippen LogP contribution < -0.4 is 10.6 Å². The summed E-state index contributed by atoms with van der Waals surface area (Å²) < 4.78 is 5.56. The fourth-order valence-corrected chi connectivity index (χ4v) is 4.43. The molecule has 2 aromatic carbocycles. The molecular weight excluding hydrogens is 436 g/mol. The summed E-state index contributed by atoms with van der Waals surface area (Å²) >= 11 is 0. The molecule has 0 bridgehead atoms. The van der Waals surface area contributed by atoms with Gasteiger partial charge in [0.15, 0.2) is 6.10 Å². The second kappa shape index (κ2) is 11.2. The summed E-state index contributed by atoms with van der Waals surface area (Å²) in [7, 11) is 0. The number of rotatable bonds is 11. The van der Waals surface area contributed by atoms with Gasteiger partial charge in [-0.15, -0.1) is 0 Å². The number of nitrogens with one attached hydrogen (secondary N) is 2. The average molecular weight is 469 g/mol. The molecule has 0 fully saturated rings. The van der Waals surface area contributed by atoms with Crippen molar-refractivity contribution >= 4 is 18.0 Å². The molecule has 182 valence electrons. The summed E-state index contributed by atoms with van der Waals surface area (Å²) in [4.78, 5) is 36.1. The molecular formula is C26H32N2O6. The van der Waals surface area contributed by atoms with Crippen LogP contribution in [0.2, 0.25) is 0 Å². The number of benzene rings is 2. The van der Waals surface area contributed by atoms with E-state index in [0.717, 1.165) is 22.3 Å². The van der Waals surface area contributed by atoms with Crippen LogP contribution >= 0.6 is 0 Å². The fourth-order valence-electron chi connectivity index (χ4n) is 4.43. The van der Waals surface area contributed by atoms with E-state index in [1.807, 2.05) is 50.2 Å². The molecule has 1 atom stereocenters. The number of hydrogen-bond acceptors (Lipinski definition) is 5. The SMILES string of the molecule is CCC(CC)(CNC(=O)OCC1c2ccccc2-c2ccccc21)C(=O)NCC[C@H](O)C(=O)O. The highest BCUT2D eigenvalue weighted by Gasteiger charge is 2.36. The second-order valence-electron chi connectivity index (χ2n) is 8.57. The summed E-state index contributed by atoms with van der Waals surface area (Å²) in [6.07, 6.45) is -1.27. The highest BCUT2D eigenvalue weighted by molar-refractivity contribution is 5.83. The zero-order valence-electron chi connectivity index (χ0n) is 19.5. The van der Waals surface area contributed by atoms with Crippen molar-refractivity contribution in [3.8, 4) is 11.1 Å². The van der Waals surface area contributed by atoms with Gasteiger partial charge in [0.25, 0.3) is 0 Å². The maximum absolute atomic E-state index is 12.8. The van der Waals surface area contributed by atoms with Crippen LogP contribution in [0.5, 0.6) is 0 Å². The van der Waals surface area contributed by atoms with E-state index in [0.29, 0.717) is 12.8 Å². The van der Waals surface area contributed by atoms with Crippen molar-refractivity contribution in [3.63, 3.8) is 0 Å². The maximum atomic E-state index is 12.8. The molecule has 0 unspecified atom stereocenters. The van der Waals surface area contributed by atoms with E-state index in [-0.39, 0.29) is 37.9 Å². The number of aliphatic hydroxyl groups is 1. The van der Waals surface area contributed by atoms with Gasteiger partial charge in [0.1, 0.15) is 6.61 Å². The Balaban J connectivity index is 1.57. The average Bonchev–Trinajstić information content (AvgIpc) is 3.17. The Kier molecular flexibility index (Phi) is 8.28. The van der Waals surface area contributed by atoms with Crippen molar-refractivity contribution in [1.29, 1.82) is 0 Å². The monoisotopic (exact) mass is 468 g/mol. The van der Waals surface area contributed by atoms with Gasteiger partial charge >= 0.3 is 12.1 Å². The van der Waals surface area contributed by atoms with Gasteiger partial charge in [0, 0.05) is 25.4 Å². The first-order valence-electron chi connectivity index (χ1n) is 11.6. The third-order valence-electron chi connectivity index (χ3n) is 6.74. The molecule has 1 aliphatic carbocycles. The minimum absolute atomic E-state index is 0.0268. The Bertz CT molecular complexity index is 988. The zero-order chi connectivity index (χ0) is 24.7. The van der Waals surface area contributed by atoms with E-state index < -0.39 is 23.6 Å². The molecule has 0 aromatic heterocycles. The largest absolute Gasteiger partial charge is 0.479 e. The summed E-state index contributed by atoms with van der Waals surface area (Å²) in [5.41, 5.74) is 3.67. The third kappa shape index (κ3) is 5.39. The number of fused-ring (bicyclic) bond motifs is 3. The minimum atomic E-state index is -1.53. The molecule has 0 saturated carbocycles. The third-order valence-corrected chi connectivity index (χ3v) is 6.74. The standard InChI is InChI=1S/C26H32N2O6/c1-3-26(4-2,24(32)27-14-13-22(29)23(30)31)16-28-25(33)34-15-21-19-11-7-5-9-17(19)18-10-6-8-12-20(18)21/h5-12,21-22,29H,3-4,13-16H2,1-2H3,(H,27,32)(H,28,33)(H,30,31)/t22-/m0/s1. The van der Waals surface area contributed by atoms with Crippen molar-refractivity contribution in [2.24, 2.45) is 5.41 Å². The smallest absolute Gasteiger partial charge is 0.407 e. The number of carbonyl (C=O) groups is 3. The molecule has 0 heterocycles. The van der Waals surface area contributed by atoms with E-state index >= 15 is 0 Å². The molecule has 3 rings (SSSR count). The predicted octanol–water partition coefficient (Wildman–Crippen LogP) is 3.28. The van der Waals surface area contributed by atoms with Gasteiger partial charge in [0.05, 0.1) is 5.41 Å². The Hall–Kier alpha value is -3.39. The van der Waals surface area contributed by atoms with Gasteiger partial charge in [-0.25, -0.2) is 9.59 Å². The van der Waals surface area contributed by atoms with Crippen LogP contribution in [-0.4, -0.2) is 54.0 Å². The van der Waals surface area contributed by atoms with E-state index in [1.54, 1.807) is 0 Å². The lowest BCUT2D eigenvalue weighted by molar-refractivity contribution is -0.147.